The average molecular weight is 652 g/mol. The minimum atomic E-state index is -1.12. The monoisotopic (exact) mass is 651 g/mol. The molecule has 0 saturated carbocycles. The molecule has 10 aromatic rings. The first kappa shape index (κ1) is 12.8. The molecule has 10 rings (SSSR count). The molecule has 0 aliphatic heterocycles. The standard InChI is InChI=1S/C46H29NO2/c1-2-9-30(10-3-1)31-17-23-35(24-18-31)47(41-14-8-16-43-45(41)40-28-21-33-11-4-5-12-37(33)46(40)49-43)36-25-19-32(20-26-36)34-22-27-39-38-13-6-7-15-42(38)48-44(39)29-34/h1-29H/i4D,5D,6D,7D,8D,11D,12D,13D,14D,15D,16D,17D,18D,19D,20D,21D,22D,23D,24D,25D,26D,27D,28D,29D. The van der Waals surface area contributed by atoms with Crippen molar-refractivity contribution >= 4 is 71.7 Å². The Hall–Kier alpha value is -6.58. The highest BCUT2D eigenvalue weighted by Crippen LogP contribution is 2.45. The van der Waals surface area contributed by atoms with Crippen LogP contribution in [0.5, 0.6) is 0 Å². The normalized spacial score (nSPS) is 18.5. The Bertz CT molecular complexity index is 4150. The Balaban J connectivity index is 1.39. The van der Waals surface area contributed by atoms with Gasteiger partial charge in [0.25, 0.3) is 0 Å². The van der Waals surface area contributed by atoms with Gasteiger partial charge in [0.1, 0.15) is 22.3 Å². The maximum Gasteiger partial charge on any atom is 0.143 e. The third-order valence-corrected chi connectivity index (χ3v) is 7.82. The molecule has 0 aliphatic rings. The van der Waals surface area contributed by atoms with E-state index in [-0.39, 0.29) is 21.9 Å². The van der Waals surface area contributed by atoms with Crippen LogP contribution in [-0.4, -0.2) is 0 Å². The molecule has 0 bridgehead atoms. The van der Waals surface area contributed by atoms with Gasteiger partial charge in [-0.25, -0.2) is 0 Å². The summed E-state index contributed by atoms with van der Waals surface area (Å²) >= 11 is 0. The summed E-state index contributed by atoms with van der Waals surface area (Å²) < 4.78 is 229. The number of hydrogen-bond donors (Lipinski definition) is 0. The maximum atomic E-state index is 9.65. The lowest BCUT2D eigenvalue weighted by Gasteiger charge is -2.26. The van der Waals surface area contributed by atoms with Crippen LogP contribution >= 0.6 is 0 Å². The largest absolute Gasteiger partial charge is 0.456 e. The number of fused-ring (bicyclic) bond motifs is 8. The van der Waals surface area contributed by atoms with Crippen molar-refractivity contribution in [3.8, 4) is 22.3 Å². The highest BCUT2D eigenvalue weighted by atomic mass is 16.3. The van der Waals surface area contributed by atoms with Crippen LogP contribution in [0, 0.1) is 0 Å². The molecule has 0 N–H and O–H groups in total. The van der Waals surface area contributed by atoms with E-state index in [1.165, 1.54) is 12.1 Å². The fourth-order valence-corrected chi connectivity index (χ4v) is 5.59. The van der Waals surface area contributed by atoms with Crippen LogP contribution in [0.4, 0.5) is 17.1 Å². The first-order valence-electron chi connectivity index (χ1n) is 26.6. The van der Waals surface area contributed by atoms with E-state index in [9.17, 15) is 15.1 Å². The number of benzene rings is 8. The molecule has 0 aliphatic carbocycles. The van der Waals surface area contributed by atoms with Crippen molar-refractivity contribution in [1.29, 1.82) is 0 Å². The van der Waals surface area contributed by atoms with Gasteiger partial charge in [-0.3, -0.25) is 0 Å². The molecule has 2 aromatic heterocycles. The zero-order valence-electron chi connectivity index (χ0n) is 48.7. The van der Waals surface area contributed by atoms with Crippen molar-refractivity contribution < 1.29 is 41.7 Å². The number of anilines is 3. The second-order valence-corrected chi connectivity index (χ2v) is 10.6. The molecule has 49 heavy (non-hydrogen) atoms. The van der Waals surface area contributed by atoms with Crippen LogP contribution in [0.15, 0.2) is 184 Å². The highest BCUT2D eigenvalue weighted by molar-refractivity contribution is 6.19. The zero-order chi connectivity index (χ0) is 53.2. The Kier molecular flexibility index (Phi) is 2.87. The summed E-state index contributed by atoms with van der Waals surface area (Å²) in [5.41, 5.74) is -6.46. The van der Waals surface area contributed by atoms with E-state index in [1.54, 1.807) is 18.2 Å². The van der Waals surface area contributed by atoms with Crippen LogP contribution in [0.1, 0.15) is 32.9 Å². The summed E-state index contributed by atoms with van der Waals surface area (Å²) in [5.74, 6) is 0. The summed E-state index contributed by atoms with van der Waals surface area (Å²) in [5, 5.41) is -2.74. The molecule has 0 fully saturated rings. The second-order valence-electron chi connectivity index (χ2n) is 10.6. The Morgan fingerprint density at radius 3 is 1.86 bits per heavy atom. The third-order valence-electron chi connectivity index (χ3n) is 7.82. The molecule has 0 saturated heterocycles. The van der Waals surface area contributed by atoms with Gasteiger partial charge in [-0.1, -0.05) is 115 Å². The van der Waals surface area contributed by atoms with Crippen molar-refractivity contribution in [2.45, 2.75) is 0 Å². The van der Waals surface area contributed by atoms with E-state index in [4.69, 9.17) is 26.7 Å². The maximum absolute atomic E-state index is 9.65. The molecule has 0 spiro atoms. The summed E-state index contributed by atoms with van der Waals surface area (Å²) in [7, 11) is 0. The predicted octanol–water partition coefficient (Wildman–Crippen LogP) is 13.4. The Morgan fingerprint density at radius 1 is 0.429 bits per heavy atom. The van der Waals surface area contributed by atoms with Gasteiger partial charge in [0.05, 0.1) is 44.0 Å². The van der Waals surface area contributed by atoms with Crippen molar-refractivity contribution in [2.24, 2.45) is 0 Å². The van der Waals surface area contributed by atoms with Crippen molar-refractivity contribution in [3.05, 3.63) is 175 Å². The lowest BCUT2D eigenvalue weighted by atomic mass is 10.0. The zero-order valence-corrected chi connectivity index (χ0v) is 24.7. The fourth-order valence-electron chi connectivity index (χ4n) is 5.59. The minimum Gasteiger partial charge on any atom is -0.456 e. The lowest BCUT2D eigenvalue weighted by molar-refractivity contribution is 0.669. The van der Waals surface area contributed by atoms with Crippen LogP contribution in [0.25, 0.3) is 76.9 Å². The van der Waals surface area contributed by atoms with E-state index in [0.717, 1.165) is 0 Å². The lowest BCUT2D eigenvalue weighted by Crippen LogP contribution is -2.10. The number of nitrogens with zero attached hydrogens (tertiary/aromatic N) is 1. The molecule has 0 unspecified atom stereocenters. The minimum absolute atomic E-state index is 0.214. The van der Waals surface area contributed by atoms with Crippen LogP contribution in [-0.2, 0) is 0 Å². The number of rotatable bonds is 5. The SMILES string of the molecule is [2H]c1c([2H])c(N(c2c([2H])c([2H])c(-c3c([2H])c([2H])c4c(oc5c([2H])c([2H])c([2H])c([2H])c54)c3[2H])c([2H])c2[2H])c2c([2H])c([2H])c([2H])c3oc4c5c([2H])c([2H])c([2H])c([2H])c5c([2H])c([2H])c4c23)c([2H])c([2H])c1-c1ccccc1. The van der Waals surface area contributed by atoms with E-state index in [0.29, 0.717) is 4.90 Å². The summed E-state index contributed by atoms with van der Waals surface area (Å²) in [6.45, 7) is 0. The van der Waals surface area contributed by atoms with E-state index >= 15 is 0 Å². The number of furan rings is 2. The molecule has 0 radical (unpaired) electrons. The van der Waals surface area contributed by atoms with E-state index in [1.807, 2.05) is 0 Å². The topological polar surface area (TPSA) is 29.5 Å². The van der Waals surface area contributed by atoms with Gasteiger partial charge in [-0.2, -0.15) is 0 Å². The van der Waals surface area contributed by atoms with E-state index in [2.05, 4.69) is 0 Å². The molecule has 0 amide bonds. The second kappa shape index (κ2) is 11.0. The average Bonchev–Trinajstić information content (AvgIpc) is 3.97. The van der Waals surface area contributed by atoms with Gasteiger partial charge in [-0.05, 0) is 88.1 Å². The van der Waals surface area contributed by atoms with Gasteiger partial charge >= 0.3 is 0 Å². The van der Waals surface area contributed by atoms with Crippen molar-refractivity contribution in [2.75, 3.05) is 4.90 Å². The van der Waals surface area contributed by atoms with Gasteiger partial charge in [0.2, 0.25) is 0 Å². The molecule has 8 aromatic carbocycles. The number of hydrogen-bond acceptors (Lipinski definition) is 3. The molecule has 230 valence electrons. The first-order valence-corrected chi connectivity index (χ1v) is 14.6. The smallest absolute Gasteiger partial charge is 0.143 e. The van der Waals surface area contributed by atoms with Crippen LogP contribution < -0.4 is 4.90 Å². The Morgan fingerprint density at radius 2 is 1.06 bits per heavy atom. The van der Waals surface area contributed by atoms with Crippen molar-refractivity contribution in [3.63, 3.8) is 0 Å². The Labute approximate surface area is 316 Å². The van der Waals surface area contributed by atoms with Gasteiger partial charge in [0.15, 0.2) is 0 Å². The van der Waals surface area contributed by atoms with Crippen LogP contribution in [0.2, 0.25) is 0 Å². The predicted molar refractivity (Wildman–Crippen MR) is 204 cm³/mol. The van der Waals surface area contributed by atoms with Gasteiger partial charge < -0.3 is 13.7 Å². The third kappa shape index (κ3) is 4.51. The highest BCUT2D eigenvalue weighted by Gasteiger charge is 2.20. The molecule has 0 atom stereocenters. The van der Waals surface area contributed by atoms with Crippen LogP contribution in [0.3, 0.4) is 0 Å². The molecule has 2 heterocycles. The molecule has 3 nitrogen and oxygen atoms in total. The summed E-state index contributed by atoms with van der Waals surface area (Å²) in [6.07, 6.45) is 0. The molecular formula is C46H29NO2. The summed E-state index contributed by atoms with van der Waals surface area (Å²) in [4.78, 5) is 0.592. The van der Waals surface area contributed by atoms with E-state index < -0.39 is 217 Å². The fraction of sp³-hybridized carbons (Fsp3) is 0. The van der Waals surface area contributed by atoms with Crippen molar-refractivity contribution in [1.82, 2.24) is 0 Å². The first-order chi connectivity index (χ1) is 34.3. The van der Waals surface area contributed by atoms with Gasteiger partial charge in [-0.15, -0.1) is 0 Å². The molecular weight excluding hydrogens is 599 g/mol. The van der Waals surface area contributed by atoms with Gasteiger partial charge in [0, 0.05) is 32.9 Å². The molecule has 3 heteroatoms. The number of para-hydroxylation sites is 1. The summed E-state index contributed by atoms with van der Waals surface area (Å²) in [6, 6.07) is -12.6. The quantitative estimate of drug-likeness (QED) is 0.185.